The van der Waals surface area contributed by atoms with Gasteiger partial charge in [0.2, 0.25) is 4.80 Å². The van der Waals surface area contributed by atoms with E-state index < -0.39 is 0 Å². The molecule has 178 valence electrons. The van der Waals surface area contributed by atoms with E-state index in [2.05, 4.69) is 29.4 Å². The Balaban J connectivity index is 1.50. The lowest BCUT2D eigenvalue weighted by Gasteiger charge is -2.18. The zero-order chi connectivity index (χ0) is 24.6. The number of benzene rings is 3. The molecular weight excluding hydrogens is 470 g/mol. The van der Waals surface area contributed by atoms with E-state index in [9.17, 15) is 4.79 Å². The van der Waals surface area contributed by atoms with Gasteiger partial charge in [0.1, 0.15) is 5.75 Å². The summed E-state index contributed by atoms with van der Waals surface area (Å²) < 4.78 is 7.38. The number of amides is 1. The van der Waals surface area contributed by atoms with Gasteiger partial charge in [-0.25, -0.2) is 9.67 Å². The molecule has 3 heterocycles. The van der Waals surface area contributed by atoms with Crippen LogP contribution in [0.15, 0.2) is 82.2 Å². The van der Waals surface area contributed by atoms with Gasteiger partial charge in [-0.05, 0) is 50.2 Å². The Morgan fingerprint density at radius 2 is 1.89 bits per heavy atom. The van der Waals surface area contributed by atoms with Gasteiger partial charge in [-0.1, -0.05) is 35.9 Å². The van der Waals surface area contributed by atoms with Crippen LogP contribution in [0.25, 0.3) is 22.2 Å². The van der Waals surface area contributed by atoms with Crippen LogP contribution in [0.4, 0.5) is 11.4 Å². The predicted molar refractivity (Wildman–Crippen MR) is 144 cm³/mol. The standard InChI is InChI=1S/C28H23N5O2S/c1-17-7-10-20(11-8-17)31-28-33(29-14-22-18(2)30-23-6-4-3-5-21(22)23)25(16-36-28)19-9-12-26-24(13-19)32-27(34)15-35-26/h3-14,16,30H,15H2,1-2H3,(H,32,34). The number of hydrogen-bond acceptors (Lipinski definition) is 5. The molecule has 36 heavy (non-hydrogen) atoms. The molecule has 2 N–H and O–H groups in total. The van der Waals surface area contributed by atoms with E-state index in [-0.39, 0.29) is 12.5 Å². The average Bonchev–Trinajstić information content (AvgIpc) is 3.43. The summed E-state index contributed by atoms with van der Waals surface area (Å²) in [4.78, 5) is 20.9. The monoisotopic (exact) mass is 493 g/mol. The van der Waals surface area contributed by atoms with E-state index in [1.165, 1.54) is 16.9 Å². The number of aromatic amines is 1. The molecule has 7 nitrogen and oxygen atoms in total. The molecule has 0 atom stereocenters. The van der Waals surface area contributed by atoms with Gasteiger partial charge in [0.05, 0.1) is 23.3 Å². The number of carbonyl (C=O) groups excluding carboxylic acids is 1. The number of aromatic nitrogens is 2. The minimum atomic E-state index is -0.166. The molecule has 0 fully saturated rings. The van der Waals surface area contributed by atoms with Crippen LogP contribution >= 0.6 is 11.3 Å². The van der Waals surface area contributed by atoms with Crippen LogP contribution in [0.3, 0.4) is 0 Å². The summed E-state index contributed by atoms with van der Waals surface area (Å²) in [5, 5.41) is 10.9. The Kier molecular flexibility index (Phi) is 5.50. The normalized spacial score (nSPS) is 13.7. The molecule has 0 bridgehead atoms. The van der Waals surface area contributed by atoms with Gasteiger partial charge in [0.25, 0.3) is 5.91 Å². The molecule has 0 unspecified atom stereocenters. The molecule has 0 radical (unpaired) electrons. The van der Waals surface area contributed by atoms with Crippen molar-refractivity contribution in [1.29, 1.82) is 0 Å². The van der Waals surface area contributed by atoms with E-state index in [0.717, 1.165) is 43.9 Å². The van der Waals surface area contributed by atoms with Crippen molar-refractivity contribution in [3.05, 3.63) is 93.7 Å². The first-order chi connectivity index (χ1) is 17.5. The van der Waals surface area contributed by atoms with E-state index in [1.54, 1.807) is 0 Å². The molecule has 1 amide bonds. The fourth-order valence-corrected chi connectivity index (χ4v) is 5.10. The quantitative estimate of drug-likeness (QED) is 0.312. The summed E-state index contributed by atoms with van der Waals surface area (Å²) >= 11 is 1.51. The SMILES string of the molecule is Cc1ccc(N=c2scc(-c3ccc4c(c3)NC(=O)CO4)n2N=Cc2c(C)[nH]c3ccccc23)cc1. The number of H-pyrrole nitrogens is 1. The number of aryl methyl sites for hydroxylation is 2. The Bertz CT molecular complexity index is 1710. The van der Waals surface area contributed by atoms with Crippen molar-refractivity contribution < 1.29 is 9.53 Å². The Labute approximate surface area is 211 Å². The Hall–Kier alpha value is -4.43. The summed E-state index contributed by atoms with van der Waals surface area (Å²) in [5.74, 6) is 0.489. The van der Waals surface area contributed by atoms with Crippen LogP contribution in [0.5, 0.6) is 5.75 Å². The van der Waals surface area contributed by atoms with Gasteiger partial charge >= 0.3 is 0 Å². The zero-order valence-electron chi connectivity index (χ0n) is 19.8. The minimum Gasteiger partial charge on any atom is -0.482 e. The first-order valence-electron chi connectivity index (χ1n) is 11.6. The third-order valence-corrected chi connectivity index (χ3v) is 6.91. The predicted octanol–water partition coefficient (Wildman–Crippen LogP) is 5.76. The van der Waals surface area contributed by atoms with Crippen molar-refractivity contribution in [2.75, 3.05) is 11.9 Å². The van der Waals surface area contributed by atoms with Crippen LogP contribution in [0.1, 0.15) is 16.8 Å². The smallest absolute Gasteiger partial charge is 0.262 e. The Morgan fingerprint density at radius 3 is 2.75 bits per heavy atom. The number of fused-ring (bicyclic) bond motifs is 2. The molecule has 0 saturated carbocycles. The second kappa shape index (κ2) is 8.98. The van der Waals surface area contributed by atoms with Crippen LogP contribution in [-0.2, 0) is 4.79 Å². The highest BCUT2D eigenvalue weighted by Gasteiger charge is 2.18. The van der Waals surface area contributed by atoms with Crippen molar-refractivity contribution in [3.63, 3.8) is 0 Å². The molecule has 1 aliphatic heterocycles. The number of nitrogens with one attached hydrogen (secondary N) is 2. The maximum absolute atomic E-state index is 11.9. The van der Waals surface area contributed by atoms with Gasteiger partial charge in [-0.2, -0.15) is 5.10 Å². The zero-order valence-corrected chi connectivity index (χ0v) is 20.6. The fourth-order valence-electron chi connectivity index (χ4n) is 4.24. The lowest BCUT2D eigenvalue weighted by Crippen LogP contribution is -2.25. The van der Waals surface area contributed by atoms with Crippen molar-refractivity contribution in [2.45, 2.75) is 13.8 Å². The van der Waals surface area contributed by atoms with Crippen LogP contribution < -0.4 is 14.9 Å². The summed E-state index contributed by atoms with van der Waals surface area (Å²) in [6, 6.07) is 22.0. The van der Waals surface area contributed by atoms with E-state index in [0.29, 0.717) is 11.4 Å². The highest BCUT2D eigenvalue weighted by Crippen LogP contribution is 2.33. The van der Waals surface area contributed by atoms with Crippen LogP contribution in [-0.4, -0.2) is 28.4 Å². The van der Waals surface area contributed by atoms with Gasteiger partial charge < -0.3 is 15.0 Å². The number of anilines is 1. The maximum atomic E-state index is 11.9. The molecule has 0 saturated heterocycles. The average molecular weight is 494 g/mol. The number of carbonyl (C=O) groups is 1. The van der Waals surface area contributed by atoms with Crippen LogP contribution in [0.2, 0.25) is 0 Å². The van der Waals surface area contributed by atoms with E-state index >= 15 is 0 Å². The van der Waals surface area contributed by atoms with E-state index in [1.807, 2.05) is 77.8 Å². The topological polar surface area (TPSA) is 83.8 Å². The number of thiazole rings is 1. The van der Waals surface area contributed by atoms with Crippen LogP contribution in [0, 0.1) is 13.8 Å². The highest BCUT2D eigenvalue weighted by molar-refractivity contribution is 7.07. The Morgan fingerprint density at radius 1 is 1.06 bits per heavy atom. The van der Waals surface area contributed by atoms with Gasteiger partial charge in [-0.3, -0.25) is 4.79 Å². The largest absolute Gasteiger partial charge is 0.482 e. The number of ether oxygens (including phenoxy) is 1. The maximum Gasteiger partial charge on any atom is 0.262 e. The number of hydrogen-bond donors (Lipinski definition) is 2. The molecule has 3 aromatic carbocycles. The second-order valence-electron chi connectivity index (χ2n) is 8.66. The van der Waals surface area contributed by atoms with Crippen molar-refractivity contribution >= 4 is 45.7 Å². The van der Waals surface area contributed by atoms with Gasteiger partial charge in [-0.15, -0.1) is 11.3 Å². The summed E-state index contributed by atoms with van der Waals surface area (Å²) in [5.41, 5.74) is 7.59. The molecule has 0 spiro atoms. The van der Waals surface area contributed by atoms with Crippen molar-refractivity contribution in [3.8, 4) is 17.0 Å². The molecule has 2 aromatic heterocycles. The molecular formula is C28H23N5O2S. The molecule has 6 rings (SSSR count). The number of rotatable bonds is 4. The summed E-state index contributed by atoms with van der Waals surface area (Å²) in [6.07, 6.45) is 1.88. The van der Waals surface area contributed by atoms with E-state index in [4.69, 9.17) is 14.8 Å². The summed E-state index contributed by atoms with van der Waals surface area (Å²) in [6.45, 7) is 4.13. The third kappa shape index (κ3) is 4.12. The summed E-state index contributed by atoms with van der Waals surface area (Å²) in [7, 11) is 0. The van der Waals surface area contributed by atoms with Crippen molar-refractivity contribution in [2.24, 2.45) is 10.1 Å². The highest BCUT2D eigenvalue weighted by atomic mass is 32.1. The second-order valence-corrected chi connectivity index (χ2v) is 9.50. The molecule has 8 heteroatoms. The lowest BCUT2D eigenvalue weighted by molar-refractivity contribution is -0.118. The number of para-hydroxylation sites is 1. The lowest BCUT2D eigenvalue weighted by atomic mass is 10.1. The molecule has 0 aliphatic carbocycles. The first kappa shape index (κ1) is 22.1. The first-order valence-corrected chi connectivity index (χ1v) is 12.4. The third-order valence-electron chi connectivity index (χ3n) is 6.10. The van der Waals surface area contributed by atoms with Crippen molar-refractivity contribution in [1.82, 2.24) is 9.66 Å². The number of nitrogens with zero attached hydrogens (tertiary/aromatic N) is 3. The fraction of sp³-hybridized carbons (Fsp3) is 0.107. The molecule has 1 aliphatic rings. The van der Waals surface area contributed by atoms with Gasteiger partial charge in [0, 0.05) is 33.1 Å². The molecule has 5 aromatic rings. The van der Waals surface area contributed by atoms with Gasteiger partial charge in [0.15, 0.2) is 6.61 Å². The minimum absolute atomic E-state index is 0.0264.